The fourth-order valence-electron chi connectivity index (χ4n) is 4.24. The molecule has 3 aromatic rings. The Balaban J connectivity index is 1.34. The van der Waals surface area contributed by atoms with Gasteiger partial charge in [0.25, 0.3) is 0 Å². The molecule has 0 bridgehead atoms. The second-order valence-corrected chi connectivity index (χ2v) is 7.81. The molecule has 2 aliphatic heterocycles. The number of rotatable bonds is 5. The normalized spacial score (nSPS) is 18.9. The van der Waals surface area contributed by atoms with E-state index in [4.69, 9.17) is 13.9 Å². The van der Waals surface area contributed by atoms with Crippen LogP contribution < -0.4 is 14.4 Å². The fourth-order valence-corrected chi connectivity index (χ4v) is 4.24. The maximum Gasteiger partial charge on any atom is 0.231 e. The van der Waals surface area contributed by atoms with E-state index in [0.717, 1.165) is 52.6 Å². The van der Waals surface area contributed by atoms with Crippen LogP contribution in [0.25, 0.3) is 11.0 Å². The van der Waals surface area contributed by atoms with Crippen LogP contribution in [0.2, 0.25) is 0 Å². The molecule has 1 atom stereocenters. The SMILES string of the molecule is CC1CCCN1CCc1cc2cc(N(C)c3ccc4c(c3)OCO4)ccc2o1. The Bertz CT molecular complexity index is 997. The average molecular weight is 378 g/mol. The summed E-state index contributed by atoms with van der Waals surface area (Å²) in [5.41, 5.74) is 3.13. The molecule has 1 saturated heterocycles. The first kappa shape index (κ1) is 17.4. The van der Waals surface area contributed by atoms with Gasteiger partial charge in [-0.2, -0.15) is 0 Å². The molecule has 1 aromatic heterocycles. The highest BCUT2D eigenvalue weighted by atomic mass is 16.7. The molecular weight excluding hydrogens is 352 g/mol. The van der Waals surface area contributed by atoms with Gasteiger partial charge in [-0.3, -0.25) is 0 Å². The van der Waals surface area contributed by atoms with Crippen LogP contribution in [-0.4, -0.2) is 37.9 Å². The number of benzene rings is 2. The Labute approximate surface area is 165 Å². The van der Waals surface area contributed by atoms with Gasteiger partial charge in [-0.25, -0.2) is 0 Å². The van der Waals surface area contributed by atoms with Crippen molar-refractivity contribution in [3.63, 3.8) is 0 Å². The van der Waals surface area contributed by atoms with E-state index >= 15 is 0 Å². The van der Waals surface area contributed by atoms with E-state index in [2.05, 4.69) is 54.1 Å². The Hall–Kier alpha value is -2.66. The third-order valence-corrected chi connectivity index (χ3v) is 6.02. The first-order chi connectivity index (χ1) is 13.7. The van der Waals surface area contributed by atoms with Crippen LogP contribution in [0.15, 0.2) is 46.9 Å². The first-order valence-corrected chi connectivity index (χ1v) is 10.1. The summed E-state index contributed by atoms with van der Waals surface area (Å²) in [5, 5.41) is 1.15. The molecule has 0 amide bonds. The van der Waals surface area contributed by atoms with Gasteiger partial charge in [-0.1, -0.05) is 0 Å². The summed E-state index contributed by atoms with van der Waals surface area (Å²) >= 11 is 0. The van der Waals surface area contributed by atoms with Gasteiger partial charge in [0.2, 0.25) is 6.79 Å². The number of anilines is 2. The minimum absolute atomic E-state index is 0.294. The van der Waals surface area contributed by atoms with Crippen molar-refractivity contribution in [1.29, 1.82) is 0 Å². The van der Waals surface area contributed by atoms with Crippen molar-refractivity contribution in [3.05, 3.63) is 48.2 Å². The lowest BCUT2D eigenvalue weighted by atomic mass is 10.2. The fraction of sp³-hybridized carbons (Fsp3) is 0.391. The summed E-state index contributed by atoms with van der Waals surface area (Å²) in [6.07, 6.45) is 3.60. The molecule has 5 heteroatoms. The molecule has 0 radical (unpaired) electrons. The van der Waals surface area contributed by atoms with Crippen LogP contribution in [0.4, 0.5) is 11.4 Å². The van der Waals surface area contributed by atoms with Gasteiger partial charge in [0.15, 0.2) is 11.5 Å². The zero-order valence-corrected chi connectivity index (χ0v) is 16.5. The van der Waals surface area contributed by atoms with E-state index < -0.39 is 0 Å². The molecule has 3 heterocycles. The molecular formula is C23H26N2O3. The van der Waals surface area contributed by atoms with Crippen LogP contribution in [0.3, 0.4) is 0 Å². The van der Waals surface area contributed by atoms with Crippen LogP contribution >= 0.6 is 0 Å². The highest BCUT2D eigenvalue weighted by Gasteiger charge is 2.20. The lowest BCUT2D eigenvalue weighted by Crippen LogP contribution is -2.28. The van der Waals surface area contributed by atoms with Gasteiger partial charge in [-0.15, -0.1) is 0 Å². The summed E-state index contributed by atoms with van der Waals surface area (Å²) in [7, 11) is 2.06. The summed E-state index contributed by atoms with van der Waals surface area (Å²) < 4.78 is 17.0. The van der Waals surface area contributed by atoms with Gasteiger partial charge >= 0.3 is 0 Å². The second kappa shape index (κ2) is 7.06. The monoisotopic (exact) mass is 378 g/mol. The predicted molar refractivity (Wildman–Crippen MR) is 111 cm³/mol. The quantitative estimate of drug-likeness (QED) is 0.628. The average Bonchev–Trinajstić information content (AvgIpc) is 3.43. The molecule has 5 nitrogen and oxygen atoms in total. The van der Waals surface area contributed by atoms with Gasteiger partial charge in [0, 0.05) is 48.9 Å². The van der Waals surface area contributed by atoms with Crippen molar-refractivity contribution in [2.45, 2.75) is 32.2 Å². The largest absolute Gasteiger partial charge is 0.461 e. The number of furan rings is 1. The number of ether oxygens (including phenoxy) is 2. The molecule has 1 fully saturated rings. The van der Waals surface area contributed by atoms with Crippen LogP contribution in [-0.2, 0) is 6.42 Å². The molecule has 0 saturated carbocycles. The Morgan fingerprint density at radius 1 is 1.04 bits per heavy atom. The molecule has 2 aliphatic rings. The number of hydrogen-bond donors (Lipinski definition) is 0. The minimum Gasteiger partial charge on any atom is -0.461 e. The number of nitrogens with zero attached hydrogens (tertiary/aromatic N) is 2. The van der Waals surface area contributed by atoms with Crippen molar-refractivity contribution in [2.75, 3.05) is 31.8 Å². The maximum absolute atomic E-state index is 6.08. The maximum atomic E-state index is 6.08. The predicted octanol–water partition coefficient (Wildman–Crippen LogP) is 4.96. The third-order valence-electron chi connectivity index (χ3n) is 6.02. The molecule has 0 spiro atoms. The summed E-state index contributed by atoms with van der Waals surface area (Å²) in [4.78, 5) is 4.71. The highest BCUT2D eigenvalue weighted by Crippen LogP contribution is 2.37. The van der Waals surface area contributed by atoms with Crippen molar-refractivity contribution in [3.8, 4) is 11.5 Å². The number of hydrogen-bond acceptors (Lipinski definition) is 5. The first-order valence-electron chi connectivity index (χ1n) is 10.1. The molecule has 1 unspecified atom stereocenters. The van der Waals surface area contributed by atoms with E-state index in [1.165, 1.54) is 19.4 Å². The van der Waals surface area contributed by atoms with Crippen LogP contribution in [0.1, 0.15) is 25.5 Å². The van der Waals surface area contributed by atoms with Gasteiger partial charge in [-0.05, 0) is 62.7 Å². The third kappa shape index (κ3) is 3.20. The summed E-state index contributed by atoms with van der Waals surface area (Å²) in [6, 6.07) is 15.3. The topological polar surface area (TPSA) is 38.1 Å². The standard InChI is InChI=1S/C23H26N2O3/c1-16-4-3-10-25(16)11-9-20-13-17-12-18(5-7-21(17)28-20)24(2)19-6-8-22-23(14-19)27-15-26-22/h5-8,12-14,16H,3-4,9-11,15H2,1-2H3. The molecule has 0 aliphatic carbocycles. The molecule has 5 rings (SSSR count). The molecule has 28 heavy (non-hydrogen) atoms. The smallest absolute Gasteiger partial charge is 0.231 e. The van der Waals surface area contributed by atoms with Gasteiger partial charge < -0.3 is 23.7 Å². The lowest BCUT2D eigenvalue weighted by Gasteiger charge is -2.19. The molecule has 146 valence electrons. The lowest BCUT2D eigenvalue weighted by molar-refractivity contribution is 0.174. The van der Waals surface area contributed by atoms with Crippen LogP contribution in [0.5, 0.6) is 11.5 Å². The van der Waals surface area contributed by atoms with Crippen molar-refractivity contribution in [1.82, 2.24) is 4.90 Å². The highest BCUT2D eigenvalue weighted by molar-refractivity contribution is 5.83. The minimum atomic E-state index is 0.294. The van der Waals surface area contributed by atoms with E-state index in [9.17, 15) is 0 Å². The van der Waals surface area contributed by atoms with E-state index in [1.54, 1.807) is 0 Å². The van der Waals surface area contributed by atoms with Crippen LogP contribution in [0, 0.1) is 0 Å². The zero-order chi connectivity index (χ0) is 19.1. The van der Waals surface area contributed by atoms with Gasteiger partial charge in [0.05, 0.1) is 0 Å². The number of likely N-dealkylation sites (tertiary alicyclic amines) is 1. The van der Waals surface area contributed by atoms with Crippen molar-refractivity contribution < 1.29 is 13.9 Å². The second-order valence-electron chi connectivity index (χ2n) is 7.81. The van der Waals surface area contributed by atoms with E-state index in [0.29, 0.717) is 12.8 Å². The molecule has 2 aromatic carbocycles. The Kier molecular flexibility index (Phi) is 4.40. The molecule has 0 N–H and O–H groups in total. The van der Waals surface area contributed by atoms with E-state index in [-0.39, 0.29) is 0 Å². The van der Waals surface area contributed by atoms with Crippen molar-refractivity contribution >= 4 is 22.3 Å². The summed E-state index contributed by atoms with van der Waals surface area (Å²) in [6.45, 7) is 4.91. The van der Waals surface area contributed by atoms with Gasteiger partial charge in [0.1, 0.15) is 11.3 Å². The van der Waals surface area contributed by atoms with Crippen molar-refractivity contribution in [2.24, 2.45) is 0 Å². The Morgan fingerprint density at radius 2 is 1.86 bits per heavy atom. The van der Waals surface area contributed by atoms with E-state index in [1.807, 2.05) is 12.1 Å². The number of fused-ring (bicyclic) bond motifs is 2. The summed E-state index contributed by atoms with van der Waals surface area (Å²) in [5.74, 6) is 2.67. The Morgan fingerprint density at radius 3 is 2.71 bits per heavy atom. The zero-order valence-electron chi connectivity index (χ0n) is 16.5.